The quantitative estimate of drug-likeness (QED) is 0.747. The number of fused-ring (bicyclic) bond motifs is 1. The second-order valence-electron chi connectivity index (χ2n) is 5.32. The van der Waals surface area contributed by atoms with Gasteiger partial charge in [0.15, 0.2) is 11.3 Å². The number of hydrogen-bond acceptors (Lipinski definition) is 7. The van der Waals surface area contributed by atoms with E-state index in [0.29, 0.717) is 33.8 Å². The number of hydrogen-bond donors (Lipinski definition) is 1. The normalized spacial score (nSPS) is 10.6. The predicted molar refractivity (Wildman–Crippen MR) is 94.1 cm³/mol. The summed E-state index contributed by atoms with van der Waals surface area (Å²) in [4.78, 5) is 23.4. The molecule has 26 heavy (non-hydrogen) atoms. The van der Waals surface area contributed by atoms with Gasteiger partial charge < -0.3 is 28.4 Å². The average molecular weight is 359 g/mol. The van der Waals surface area contributed by atoms with Gasteiger partial charge in [-0.3, -0.25) is 4.79 Å². The van der Waals surface area contributed by atoms with Crippen molar-refractivity contribution in [2.45, 2.75) is 6.92 Å². The van der Waals surface area contributed by atoms with E-state index in [-0.39, 0.29) is 17.4 Å². The van der Waals surface area contributed by atoms with Crippen LogP contribution in [0.15, 0.2) is 38.1 Å². The number of ether oxygens (including phenoxy) is 3. The maximum Gasteiger partial charge on any atom is 0.360 e. The number of nitrogens with one attached hydrogen (secondary N) is 1. The van der Waals surface area contributed by atoms with Crippen LogP contribution in [0.4, 0.5) is 5.69 Å². The molecule has 0 radical (unpaired) electrons. The van der Waals surface area contributed by atoms with Crippen LogP contribution in [0.2, 0.25) is 0 Å². The van der Waals surface area contributed by atoms with E-state index in [9.17, 15) is 9.59 Å². The summed E-state index contributed by atoms with van der Waals surface area (Å²) in [6.45, 7) is 1.30. The first-order valence-electron chi connectivity index (χ1n) is 7.63. The topological polar surface area (TPSA) is 100 Å². The highest BCUT2D eigenvalue weighted by Gasteiger charge is 2.27. The molecule has 2 aromatic heterocycles. The van der Waals surface area contributed by atoms with Crippen molar-refractivity contribution < 1.29 is 27.8 Å². The van der Waals surface area contributed by atoms with Crippen molar-refractivity contribution >= 4 is 22.6 Å². The molecule has 0 fully saturated rings. The van der Waals surface area contributed by atoms with Crippen LogP contribution in [-0.4, -0.2) is 27.2 Å². The lowest BCUT2D eigenvalue weighted by Crippen LogP contribution is -2.14. The summed E-state index contributed by atoms with van der Waals surface area (Å²) < 4.78 is 27.3. The van der Waals surface area contributed by atoms with E-state index < -0.39 is 5.63 Å². The SMILES string of the molecule is COc1c(-c2ccc(NC(C)=O)c(=O)o2)c(OC)c2ccoc2c1OC. The number of carbonyl (C=O) groups is 1. The van der Waals surface area contributed by atoms with Gasteiger partial charge in [0.25, 0.3) is 0 Å². The summed E-state index contributed by atoms with van der Waals surface area (Å²) in [7, 11) is 4.42. The van der Waals surface area contributed by atoms with Crippen LogP contribution in [-0.2, 0) is 4.79 Å². The fourth-order valence-corrected chi connectivity index (χ4v) is 2.77. The second-order valence-corrected chi connectivity index (χ2v) is 5.32. The van der Waals surface area contributed by atoms with Crippen LogP contribution in [0.5, 0.6) is 17.2 Å². The number of carbonyl (C=O) groups excluding carboxylic acids is 1. The first-order chi connectivity index (χ1) is 12.5. The Balaban J connectivity index is 2.32. The maximum atomic E-state index is 12.2. The highest BCUT2D eigenvalue weighted by molar-refractivity contribution is 6.00. The number of amides is 1. The van der Waals surface area contributed by atoms with Crippen molar-refractivity contribution in [1.82, 2.24) is 0 Å². The molecule has 0 aliphatic carbocycles. The molecular weight excluding hydrogens is 342 g/mol. The number of furan rings is 1. The summed E-state index contributed by atoms with van der Waals surface area (Å²) in [5.74, 6) is 0.863. The third-order valence-corrected chi connectivity index (χ3v) is 3.77. The summed E-state index contributed by atoms with van der Waals surface area (Å²) >= 11 is 0. The Kier molecular flexibility index (Phi) is 4.57. The highest BCUT2D eigenvalue weighted by Crippen LogP contribution is 2.50. The molecule has 0 spiro atoms. The zero-order valence-electron chi connectivity index (χ0n) is 14.7. The Morgan fingerprint density at radius 1 is 1.00 bits per heavy atom. The largest absolute Gasteiger partial charge is 0.495 e. The highest BCUT2D eigenvalue weighted by atomic mass is 16.5. The fourth-order valence-electron chi connectivity index (χ4n) is 2.77. The van der Waals surface area contributed by atoms with Crippen molar-refractivity contribution in [3.63, 3.8) is 0 Å². The van der Waals surface area contributed by atoms with Crippen LogP contribution in [0, 0.1) is 0 Å². The molecule has 0 atom stereocenters. The van der Waals surface area contributed by atoms with Gasteiger partial charge in [-0.15, -0.1) is 0 Å². The molecule has 3 aromatic rings. The van der Waals surface area contributed by atoms with Gasteiger partial charge in [0.1, 0.15) is 22.8 Å². The Hall–Kier alpha value is -3.42. The average Bonchev–Trinajstić information content (AvgIpc) is 3.10. The van der Waals surface area contributed by atoms with Crippen LogP contribution in [0.25, 0.3) is 22.3 Å². The molecule has 136 valence electrons. The van der Waals surface area contributed by atoms with E-state index >= 15 is 0 Å². The molecule has 0 aliphatic rings. The molecule has 0 saturated heterocycles. The Morgan fingerprint density at radius 2 is 1.69 bits per heavy atom. The van der Waals surface area contributed by atoms with Crippen LogP contribution in [0.3, 0.4) is 0 Å². The summed E-state index contributed by atoms with van der Waals surface area (Å²) in [6.07, 6.45) is 1.50. The van der Waals surface area contributed by atoms with Gasteiger partial charge in [0.05, 0.1) is 33.0 Å². The molecule has 8 heteroatoms. The van der Waals surface area contributed by atoms with Crippen molar-refractivity contribution in [3.05, 3.63) is 34.9 Å². The molecule has 1 N–H and O–H groups in total. The lowest BCUT2D eigenvalue weighted by molar-refractivity contribution is -0.114. The molecule has 2 heterocycles. The van der Waals surface area contributed by atoms with Gasteiger partial charge in [-0.2, -0.15) is 0 Å². The smallest absolute Gasteiger partial charge is 0.360 e. The molecule has 0 saturated carbocycles. The minimum Gasteiger partial charge on any atom is -0.495 e. The van der Waals surface area contributed by atoms with E-state index in [2.05, 4.69) is 5.32 Å². The van der Waals surface area contributed by atoms with Crippen LogP contribution >= 0.6 is 0 Å². The molecular formula is C18H17NO7. The lowest BCUT2D eigenvalue weighted by Gasteiger charge is -2.16. The molecule has 0 aliphatic heterocycles. The zero-order chi connectivity index (χ0) is 18.8. The first-order valence-corrected chi connectivity index (χ1v) is 7.63. The van der Waals surface area contributed by atoms with Gasteiger partial charge in [0, 0.05) is 6.92 Å². The van der Waals surface area contributed by atoms with Crippen LogP contribution in [0.1, 0.15) is 6.92 Å². The Bertz CT molecular complexity index is 1030. The van der Waals surface area contributed by atoms with Gasteiger partial charge >= 0.3 is 5.63 Å². The molecule has 0 unspecified atom stereocenters. The second kappa shape index (κ2) is 6.83. The maximum absolute atomic E-state index is 12.2. The number of anilines is 1. The van der Waals surface area contributed by atoms with E-state index in [1.807, 2.05) is 0 Å². The van der Waals surface area contributed by atoms with E-state index in [1.165, 1.54) is 40.6 Å². The van der Waals surface area contributed by atoms with Gasteiger partial charge in [-0.1, -0.05) is 0 Å². The van der Waals surface area contributed by atoms with Gasteiger partial charge in [-0.05, 0) is 18.2 Å². The van der Waals surface area contributed by atoms with Crippen LogP contribution < -0.4 is 25.2 Å². The lowest BCUT2D eigenvalue weighted by atomic mass is 10.0. The summed E-state index contributed by atoms with van der Waals surface area (Å²) in [6, 6.07) is 4.70. The Morgan fingerprint density at radius 3 is 2.27 bits per heavy atom. The monoisotopic (exact) mass is 359 g/mol. The molecule has 0 bridgehead atoms. The minimum absolute atomic E-state index is 0.0375. The predicted octanol–water partition coefficient (Wildman–Crippen LogP) is 3.04. The van der Waals surface area contributed by atoms with E-state index in [0.717, 1.165) is 0 Å². The van der Waals surface area contributed by atoms with E-state index in [4.69, 9.17) is 23.0 Å². The van der Waals surface area contributed by atoms with Crippen molar-refractivity contribution in [2.75, 3.05) is 26.6 Å². The first kappa shape index (κ1) is 17.4. The van der Waals surface area contributed by atoms with Crippen molar-refractivity contribution in [3.8, 4) is 28.6 Å². The third kappa shape index (κ3) is 2.75. The standard InChI is InChI=1S/C18H17NO7/c1-9(20)19-11-5-6-12(26-18(11)21)13-14(22-2)10-7-8-25-15(10)17(24-4)16(13)23-3/h5-8H,1-4H3,(H,19,20). The van der Waals surface area contributed by atoms with E-state index in [1.54, 1.807) is 12.1 Å². The number of methoxy groups -OCH3 is 3. The molecule has 1 amide bonds. The Labute approximate surface area is 148 Å². The number of benzene rings is 1. The molecule has 3 rings (SSSR count). The fraction of sp³-hybridized carbons (Fsp3) is 0.222. The van der Waals surface area contributed by atoms with Crippen molar-refractivity contribution in [1.29, 1.82) is 0 Å². The summed E-state index contributed by atoms with van der Waals surface area (Å²) in [5.41, 5.74) is 0.179. The zero-order valence-corrected chi connectivity index (χ0v) is 14.7. The minimum atomic E-state index is -0.701. The third-order valence-electron chi connectivity index (χ3n) is 3.77. The number of rotatable bonds is 5. The summed E-state index contributed by atoms with van der Waals surface area (Å²) in [5, 5.41) is 3.04. The van der Waals surface area contributed by atoms with Crippen molar-refractivity contribution in [2.24, 2.45) is 0 Å². The molecule has 1 aromatic carbocycles. The van der Waals surface area contributed by atoms with Gasteiger partial charge in [-0.25, -0.2) is 4.79 Å². The molecule has 8 nitrogen and oxygen atoms in total. The van der Waals surface area contributed by atoms with Gasteiger partial charge in [0.2, 0.25) is 11.7 Å².